The summed E-state index contributed by atoms with van der Waals surface area (Å²) in [6.07, 6.45) is 1.39. The lowest BCUT2D eigenvalue weighted by molar-refractivity contribution is -0.00000210. The van der Waals surface area contributed by atoms with Crippen molar-refractivity contribution in [2.24, 2.45) is 0 Å². The Morgan fingerprint density at radius 1 is 1.22 bits per heavy atom. The molecule has 0 aromatic carbocycles. The second-order valence-corrected chi connectivity index (χ2v) is 8.41. The zero-order valence-corrected chi connectivity index (χ0v) is 8.00. The van der Waals surface area contributed by atoms with Gasteiger partial charge in [0.05, 0.1) is 11.8 Å². The van der Waals surface area contributed by atoms with E-state index in [2.05, 4.69) is 34.1 Å². The van der Waals surface area contributed by atoms with Crippen LogP contribution in [0.3, 0.4) is 0 Å². The van der Waals surface area contributed by atoms with Crippen LogP contribution in [0.4, 0.5) is 0 Å². The molecule has 58 valence electrons. The Labute approximate surface area is 58.7 Å². The SMILES string of the molecule is CC[P+](C)(C)C(C)C.[F-]. The molecule has 0 aliphatic carbocycles. The highest BCUT2D eigenvalue weighted by atomic mass is 31.2. The molecule has 0 spiro atoms. The normalized spacial score (nSPS) is 11.3. The minimum atomic E-state index is -0.495. The van der Waals surface area contributed by atoms with Crippen molar-refractivity contribution in [1.29, 1.82) is 0 Å². The van der Waals surface area contributed by atoms with Crippen LogP contribution in [-0.4, -0.2) is 25.2 Å². The molecule has 9 heavy (non-hydrogen) atoms. The molecule has 0 aromatic heterocycles. The van der Waals surface area contributed by atoms with Crippen LogP contribution in [0.1, 0.15) is 20.8 Å². The van der Waals surface area contributed by atoms with Gasteiger partial charge in [-0.25, -0.2) is 0 Å². The van der Waals surface area contributed by atoms with E-state index in [1.807, 2.05) is 0 Å². The maximum absolute atomic E-state index is 2.43. The standard InChI is InChI=1S/C7H18P.FH/c1-6-8(4,5)7(2)3;/h7H,6H2,1-5H3;1H/q+1;/p-1. The zero-order chi connectivity index (χ0) is 6.78. The molecule has 0 rings (SSSR count). The lowest BCUT2D eigenvalue weighted by Crippen LogP contribution is -3.00. The molecule has 0 radical (unpaired) electrons. The molecular formula is C7H18FP. The third kappa shape index (κ3) is 3.86. The monoisotopic (exact) mass is 152 g/mol. The van der Waals surface area contributed by atoms with Crippen LogP contribution in [0.2, 0.25) is 0 Å². The van der Waals surface area contributed by atoms with E-state index in [0.717, 1.165) is 5.66 Å². The molecule has 2 heteroatoms. The summed E-state index contributed by atoms with van der Waals surface area (Å²) in [4.78, 5) is 0. The van der Waals surface area contributed by atoms with Crippen molar-refractivity contribution in [3.63, 3.8) is 0 Å². The van der Waals surface area contributed by atoms with Gasteiger partial charge in [-0.2, -0.15) is 0 Å². The van der Waals surface area contributed by atoms with Gasteiger partial charge in [0.1, 0.15) is 0 Å². The van der Waals surface area contributed by atoms with Gasteiger partial charge in [0.15, 0.2) is 0 Å². The van der Waals surface area contributed by atoms with Gasteiger partial charge in [0.2, 0.25) is 0 Å². The molecule has 0 atom stereocenters. The number of rotatable bonds is 2. The van der Waals surface area contributed by atoms with Crippen molar-refractivity contribution in [2.75, 3.05) is 19.5 Å². The maximum atomic E-state index is 2.43. The predicted molar refractivity (Wildman–Crippen MR) is 44.4 cm³/mol. The van der Waals surface area contributed by atoms with Gasteiger partial charge in [-0.15, -0.1) is 0 Å². The second kappa shape index (κ2) is 4.22. The number of hydrogen-bond donors (Lipinski definition) is 0. The Bertz CT molecular complexity index is 69.3. The minimum Gasteiger partial charge on any atom is -1.00 e. The fourth-order valence-corrected chi connectivity index (χ4v) is 1.10. The highest BCUT2D eigenvalue weighted by molar-refractivity contribution is 7.75. The van der Waals surface area contributed by atoms with Crippen LogP contribution in [0.15, 0.2) is 0 Å². The Morgan fingerprint density at radius 3 is 1.56 bits per heavy atom. The van der Waals surface area contributed by atoms with Gasteiger partial charge in [0.25, 0.3) is 0 Å². The Hall–Kier alpha value is 0.360. The average Bonchev–Trinajstić information content (AvgIpc) is 1.67. The fourth-order valence-electron chi connectivity index (χ4n) is 0.365. The molecule has 0 fully saturated rings. The van der Waals surface area contributed by atoms with E-state index in [1.165, 1.54) is 6.16 Å². The Morgan fingerprint density at radius 2 is 1.56 bits per heavy atom. The summed E-state index contributed by atoms with van der Waals surface area (Å²) >= 11 is 0. The van der Waals surface area contributed by atoms with E-state index in [0.29, 0.717) is 0 Å². The van der Waals surface area contributed by atoms with Gasteiger partial charge < -0.3 is 4.70 Å². The maximum Gasteiger partial charge on any atom is 0.0636 e. The molecule has 0 aliphatic rings. The highest BCUT2D eigenvalue weighted by Gasteiger charge is 2.25. The first-order valence-corrected chi connectivity index (χ1v) is 6.27. The topological polar surface area (TPSA) is 0 Å². The van der Waals surface area contributed by atoms with Crippen molar-refractivity contribution < 1.29 is 4.70 Å². The molecule has 0 saturated carbocycles. The highest BCUT2D eigenvalue weighted by Crippen LogP contribution is 2.54. The summed E-state index contributed by atoms with van der Waals surface area (Å²) < 4.78 is 0. The minimum absolute atomic E-state index is 0. The molecule has 0 unspecified atom stereocenters. The molecule has 0 aromatic rings. The Balaban J connectivity index is 0. The van der Waals surface area contributed by atoms with Crippen LogP contribution >= 0.6 is 7.26 Å². The van der Waals surface area contributed by atoms with Gasteiger partial charge in [-0.05, 0) is 20.8 Å². The van der Waals surface area contributed by atoms with Crippen molar-refractivity contribution in [3.8, 4) is 0 Å². The summed E-state index contributed by atoms with van der Waals surface area (Å²) in [6.45, 7) is 11.8. The first kappa shape index (κ1) is 12.1. The van der Waals surface area contributed by atoms with E-state index in [1.54, 1.807) is 0 Å². The largest absolute Gasteiger partial charge is 1.00 e. The molecule has 0 nitrogen and oxygen atoms in total. The number of hydrogen-bond acceptors (Lipinski definition) is 0. The smallest absolute Gasteiger partial charge is 0.0636 e. The molecule has 0 amide bonds. The van der Waals surface area contributed by atoms with Gasteiger partial charge in [-0.3, -0.25) is 0 Å². The van der Waals surface area contributed by atoms with Crippen molar-refractivity contribution in [2.45, 2.75) is 26.4 Å². The summed E-state index contributed by atoms with van der Waals surface area (Å²) in [6, 6.07) is 0. The van der Waals surface area contributed by atoms with Crippen LogP contribution < -0.4 is 4.70 Å². The van der Waals surface area contributed by atoms with Crippen molar-refractivity contribution in [3.05, 3.63) is 0 Å². The van der Waals surface area contributed by atoms with Crippen molar-refractivity contribution in [1.82, 2.24) is 0 Å². The van der Waals surface area contributed by atoms with E-state index in [9.17, 15) is 0 Å². The summed E-state index contributed by atoms with van der Waals surface area (Å²) in [5, 5.41) is 0. The zero-order valence-electron chi connectivity index (χ0n) is 7.11. The van der Waals surface area contributed by atoms with Crippen LogP contribution in [0, 0.1) is 0 Å². The molecule has 0 heterocycles. The van der Waals surface area contributed by atoms with Gasteiger partial charge in [0, 0.05) is 20.6 Å². The second-order valence-electron chi connectivity index (χ2n) is 3.19. The lowest BCUT2D eigenvalue weighted by atomic mass is 10.6. The third-order valence-corrected chi connectivity index (χ3v) is 6.64. The van der Waals surface area contributed by atoms with Gasteiger partial charge in [-0.1, -0.05) is 0 Å². The van der Waals surface area contributed by atoms with E-state index in [-0.39, 0.29) is 4.70 Å². The molecule has 0 bridgehead atoms. The molecule has 0 N–H and O–H groups in total. The molecule has 0 saturated heterocycles. The fraction of sp³-hybridized carbons (Fsp3) is 1.00. The first-order chi connectivity index (χ1) is 3.50. The van der Waals surface area contributed by atoms with Crippen LogP contribution in [0.5, 0.6) is 0 Å². The third-order valence-electron chi connectivity index (χ3n) is 2.21. The van der Waals surface area contributed by atoms with Crippen LogP contribution in [0.25, 0.3) is 0 Å². The van der Waals surface area contributed by atoms with Crippen molar-refractivity contribution >= 4 is 7.26 Å². The summed E-state index contributed by atoms with van der Waals surface area (Å²) in [5.41, 5.74) is 0.924. The summed E-state index contributed by atoms with van der Waals surface area (Å²) in [7, 11) is -0.495. The first-order valence-electron chi connectivity index (χ1n) is 3.33. The number of halogens is 1. The van der Waals surface area contributed by atoms with Crippen LogP contribution in [-0.2, 0) is 0 Å². The Kier molecular flexibility index (Phi) is 5.66. The molecular weight excluding hydrogens is 134 g/mol. The summed E-state index contributed by atoms with van der Waals surface area (Å²) in [5.74, 6) is 0. The quantitative estimate of drug-likeness (QED) is 0.476. The van der Waals surface area contributed by atoms with Gasteiger partial charge >= 0.3 is 0 Å². The molecule has 0 aliphatic heterocycles. The van der Waals surface area contributed by atoms with E-state index < -0.39 is 7.26 Å². The van der Waals surface area contributed by atoms with E-state index >= 15 is 0 Å². The predicted octanol–water partition coefficient (Wildman–Crippen LogP) is -0.304. The average molecular weight is 152 g/mol. The lowest BCUT2D eigenvalue weighted by Gasteiger charge is -2.19. The van der Waals surface area contributed by atoms with E-state index in [4.69, 9.17) is 0 Å².